The number of esters is 2. The molecule has 0 fully saturated rings. The molecular weight excluding hydrogens is 1050 g/mol. The van der Waals surface area contributed by atoms with Crippen molar-refractivity contribution in [3.63, 3.8) is 0 Å². The zero-order valence-corrected chi connectivity index (χ0v) is 54.3. The van der Waals surface area contributed by atoms with E-state index in [1.807, 2.05) is 0 Å². The Morgan fingerprint density at radius 1 is 0.373 bits per heavy atom. The molecule has 0 aromatic rings. The third-order valence-corrected chi connectivity index (χ3v) is 15.3. The molecule has 476 valence electrons. The lowest BCUT2D eigenvalue weighted by Gasteiger charge is -2.19. The third kappa shape index (κ3) is 67.4. The van der Waals surface area contributed by atoms with Crippen molar-refractivity contribution in [2.75, 3.05) is 26.4 Å². The van der Waals surface area contributed by atoms with Crippen molar-refractivity contribution in [3.05, 3.63) is 122 Å². The molecule has 0 bridgehead atoms. The van der Waals surface area contributed by atoms with E-state index >= 15 is 0 Å². The minimum absolute atomic E-state index is 0.0489. The van der Waals surface area contributed by atoms with Crippen LogP contribution in [0.1, 0.15) is 296 Å². The molecular formula is C73H126NO8P. The van der Waals surface area contributed by atoms with Crippen molar-refractivity contribution in [2.45, 2.75) is 302 Å². The van der Waals surface area contributed by atoms with Gasteiger partial charge in [-0.15, -0.1) is 0 Å². The Bertz CT molecular complexity index is 1770. The summed E-state index contributed by atoms with van der Waals surface area (Å²) < 4.78 is 33.2. The topological polar surface area (TPSA) is 134 Å². The zero-order chi connectivity index (χ0) is 60.1. The lowest BCUT2D eigenvalue weighted by atomic mass is 10.0. The van der Waals surface area contributed by atoms with E-state index in [9.17, 15) is 19.0 Å². The summed E-state index contributed by atoms with van der Waals surface area (Å²) in [4.78, 5) is 35.3. The van der Waals surface area contributed by atoms with Crippen LogP contribution in [0.4, 0.5) is 0 Å². The Morgan fingerprint density at radius 2 is 0.663 bits per heavy atom. The van der Waals surface area contributed by atoms with E-state index in [1.165, 1.54) is 167 Å². The molecule has 0 aliphatic rings. The SMILES string of the molecule is CC/C=C\C/C=C\C/C=C\C/C=C\C/C=C\C/C=C\C/C=C\C/C=C\CCCCCCCCCCCCCCC(=O)OC(COC(=O)CCCCCCCCCCCCCCC/C=C\C/C=C\CCCCCCC)COP(=O)(O)OCCN. The van der Waals surface area contributed by atoms with Gasteiger partial charge in [-0.05, 0) is 109 Å². The monoisotopic (exact) mass is 1180 g/mol. The second-order valence-corrected chi connectivity index (χ2v) is 23.8. The van der Waals surface area contributed by atoms with Crippen molar-refractivity contribution < 1.29 is 37.6 Å². The predicted molar refractivity (Wildman–Crippen MR) is 358 cm³/mol. The number of carbonyl (C=O) groups is 2. The van der Waals surface area contributed by atoms with E-state index in [2.05, 4.69) is 135 Å². The number of ether oxygens (including phenoxy) is 2. The second-order valence-electron chi connectivity index (χ2n) is 22.3. The van der Waals surface area contributed by atoms with Crippen LogP contribution in [-0.2, 0) is 32.7 Å². The first-order valence-electron chi connectivity index (χ1n) is 34.0. The molecule has 10 heteroatoms. The summed E-state index contributed by atoms with van der Waals surface area (Å²) in [5.74, 6) is -0.828. The van der Waals surface area contributed by atoms with E-state index in [0.29, 0.717) is 6.42 Å². The minimum atomic E-state index is -4.40. The van der Waals surface area contributed by atoms with Crippen LogP contribution in [0.5, 0.6) is 0 Å². The van der Waals surface area contributed by atoms with Gasteiger partial charge < -0.3 is 20.1 Å². The number of phosphoric acid groups is 1. The Balaban J connectivity index is 3.93. The fourth-order valence-electron chi connectivity index (χ4n) is 9.33. The van der Waals surface area contributed by atoms with Gasteiger partial charge in [0.25, 0.3) is 0 Å². The molecule has 0 aliphatic carbocycles. The zero-order valence-electron chi connectivity index (χ0n) is 53.4. The fraction of sp³-hybridized carbons (Fsp3) is 0.699. The average molecular weight is 1180 g/mol. The number of nitrogens with two attached hydrogens (primary N) is 1. The Hall–Kier alpha value is -3.59. The summed E-state index contributed by atoms with van der Waals surface area (Å²) in [6.45, 7) is 3.64. The molecule has 9 nitrogen and oxygen atoms in total. The van der Waals surface area contributed by atoms with Gasteiger partial charge in [-0.3, -0.25) is 18.6 Å². The first kappa shape index (κ1) is 79.4. The van der Waals surface area contributed by atoms with Gasteiger partial charge in [0, 0.05) is 19.4 Å². The molecule has 0 spiro atoms. The summed E-state index contributed by atoms with van der Waals surface area (Å²) in [5.41, 5.74) is 5.40. The third-order valence-electron chi connectivity index (χ3n) is 14.3. The van der Waals surface area contributed by atoms with Crippen LogP contribution in [0.3, 0.4) is 0 Å². The Morgan fingerprint density at radius 3 is 0.988 bits per heavy atom. The molecule has 0 aliphatic heterocycles. The average Bonchev–Trinajstić information content (AvgIpc) is 3.49. The van der Waals surface area contributed by atoms with E-state index in [4.69, 9.17) is 24.3 Å². The summed E-state index contributed by atoms with van der Waals surface area (Å²) >= 11 is 0. The van der Waals surface area contributed by atoms with Crippen molar-refractivity contribution >= 4 is 19.8 Å². The van der Waals surface area contributed by atoms with Gasteiger partial charge in [0.15, 0.2) is 6.10 Å². The van der Waals surface area contributed by atoms with Crippen molar-refractivity contribution in [3.8, 4) is 0 Å². The maximum atomic E-state index is 12.8. The highest BCUT2D eigenvalue weighted by Crippen LogP contribution is 2.43. The van der Waals surface area contributed by atoms with Crippen LogP contribution in [0, 0.1) is 0 Å². The van der Waals surface area contributed by atoms with Gasteiger partial charge in [-0.1, -0.05) is 296 Å². The molecule has 0 amide bonds. The number of hydrogen-bond donors (Lipinski definition) is 2. The molecule has 0 saturated carbocycles. The molecule has 2 unspecified atom stereocenters. The summed E-state index contributed by atoms with van der Waals surface area (Å²) in [6.07, 6.45) is 94.2. The summed E-state index contributed by atoms with van der Waals surface area (Å²) in [6, 6.07) is 0. The first-order chi connectivity index (χ1) is 40.8. The lowest BCUT2D eigenvalue weighted by molar-refractivity contribution is -0.161. The van der Waals surface area contributed by atoms with E-state index in [1.54, 1.807) is 0 Å². The van der Waals surface area contributed by atoms with Crippen LogP contribution in [-0.4, -0.2) is 49.3 Å². The molecule has 2 atom stereocenters. The largest absolute Gasteiger partial charge is 0.472 e. The first-order valence-corrected chi connectivity index (χ1v) is 35.5. The summed E-state index contributed by atoms with van der Waals surface area (Å²) in [7, 11) is -4.40. The van der Waals surface area contributed by atoms with Crippen LogP contribution in [0.2, 0.25) is 0 Å². The predicted octanol–water partition coefficient (Wildman–Crippen LogP) is 22.3. The van der Waals surface area contributed by atoms with Crippen LogP contribution < -0.4 is 5.73 Å². The highest BCUT2D eigenvalue weighted by molar-refractivity contribution is 7.47. The second kappa shape index (κ2) is 67.5. The molecule has 3 N–H and O–H groups in total. The van der Waals surface area contributed by atoms with Gasteiger partial charge in [-0.2, -0.15) is 0 Å². The van der Waals surface area contributed by atoms with Gasteiger partial charge in [0.1, 0.15) is 6.61 Å². The van der Waals surface area contributed by atoms with Gasteiger partial charge in [-0.25, -0.2) is 4.57 Å². The van der Waals surface area contributed by atoms with Crippen LogP contribution >= 0.6 is 7.82 Å². The summed E-state index contributed by atoms with van der Waals surface area (Å²) in [5, 5.41) is 0. The fourth-order valence-corrected chi connectivity index (χ4v) is 10.1. The highest BCUT2D eigenvalue weighted by Gasteiger charge is 2.26. The van der Waals surface area contributed by atoms with E-state index < -0.39 is 26.5 Å². The molecule has 0 aromatic carbocycles. The van der Waals surface area contributed by atoms with Crippen molar-refractivity contribution in [2.24, 2.45) is 5.73 Å². The van der Waals surface area contributed by atoms with Crippen LogP contribution in [0.15, 0.2) is 122 Å². The molecule has 0 radical (unpaired) electrons. The Labute approximate surface area is 511 Å². The number of hydrogen-bond acceptors (Lipinski definition) is 8. The molecule has 83 heavy (non-hydrogen) atoms. The van der Waals surface area contributed by atoms with Gasteiger partial charge >= 0.3 is 19.8 Å². The van der Waals surface area contributed by atoms with Crippen LogP contribution in [0.25, 0.3) is 0 Å². The maximum absolute atomic E-state index is 12.8. The maximum Gasteiger partial charge on any atom is 0.472 e. The van der Waals surface area contributed by atoms with Gasteiger partial charge in [0.05, 0.1) is 13.2 Å². The standard InChI is InChI=1S/C73H126NO8P/c1-3-5-7-9-11-13-15-17-19-21-23-25-27-29-30-31-32-33-34-35-36-37-38-39-40-42-44-46-48-50-52-54-56-58-60-62-64-66-73(76)82-71(70-81-83(77,78)80-68-67-74)69-79-72(75)65-63-61-59-57-55-53-51-49-47-45-43-41-28-26-24-22-20-18-16-14-12-10-8-6-4-2/h5,7,11,13,16-19,22-25,29-30,32-33,35-36,38-39,71H,3-4,6,8-10,12,14-15,20-21,26-28,31,34,37,40-70,74H2,1-2H3,(H,77,78)/b7-5-,13-11-,18-16-,19-17-,24-22-,25-23-,30-29-,33-32-,36-35-,39-38-. The number of rotatable bonds is 63. The number of allylic oxidation sites excluding steroid dienone is 20. The quantitative estimate of drug-likeness (QED) is 0.0264. The molecule has 0 heterocycles. The number of phosphoric ester groups is 1. The highest BCUT2D eigenvalue weighted by atomic mass is 31.2. The molecule has 0 aromatic heterocycles. The van der Waals surface area contributed by atoms with E-state index in [0.717, 1.165) is 96.3 Å². The smallest absolute Gasteiger partial charge is 0.462 e. The van der Waals surface area contributed by atoms with Gasteiger partial charge in [0.2, 0.25) is 0 Å². The molecule has 0 rings (SSSR count). The minimum Gasteiger partial charge on any atom is -0.462 e. The van der Waals surface area contributed by atoms with Crippen molar-refractivity contribution in [1.29, 1.82) is 0 Å². The lowest BCUT2D eigenvalue weighted by Crippen LogP contribution is -2.29. The Kier molecular flexibility index (Phi) is 64.6. The molecule has 0 saturated heterocycles. The number of unbranched alkanes of at least 4 members (excludes halogenated alkanes) is 30. The van der Waals surface area contributed by atoms with E-state index in [-0.39, 0.29) is 38.6 Å². The normalized spacial score (nSPS) is 13.7. The van der Waals surface area contributed by atoms with Crippen molar-refractivity contribution in [1.82, 2.24) is 0 Å². The number of carbonyl (C=O) groups excluding carboxylic acids is 2.